The lowest BCUT2D eigenvalue weighted by Gasteiger charge is -2.38. The number of anilines is 2. The summed E-state index contributed by atoms with van der Waals surface area (Å²) in [5.41, 5.74) is 23.4. The van der Waals surface area contributed by atoms with E-state index in [2.05, 4.69) is 20.0 Å². The Morgan fingerprint density at radius 1 is 0.707 bits per heavy atom. The quantitative estimate of drug-likeness (QED) is 0.268. The average molecular weight is 565 g/mol. The Bertz CT molecular complexity index is 1430. The summed E-state index contributed by atoms with van der Waals surface area (Å²) < 4.78 is 0. The molecule has 8 N–H and O–H groups in total. The molecule has 4 rings (SSSR count). The first-order valence-electron chi connectivity index (χ1n) is 12.6. The number of guanidine groups is 4. The van der Waals surface area contributed by atoms with Gasteiger partial charge in [0.25, 0.3) is 11.4 Å². The lowest BCUT2D eigenvalue weighted by atomic mass is 10.00. The van der Waals surface area contributed by atoms with E-state index >= 15 is 0 Å². The van der Waals surface area contributed by atoms with E-state index in [1.807, 2.05) is 0 Å². The summed E-state index contributed by atoms with van der Waals surface area (Å²) in [4.78, 5) is 42.6. The third-order valence-electron chi connectivity index (χ3n) is 6.73. The summed E-state index contributed by atoms with van der Waals surface area (Å²) in [6.45, 7) is 7.04. The highest BCUT2D eigenvalue weighted by atomic mass is 16.6. The number of aliphatic imine (C=N–C) groups is 4. The fraction of sp³-hybridized carbons (Fsp3) is 0.360. The zero-order chi connectivity index (χ0) is 30.3. The van der Waals surface area contributed by atoms with Crippen LogP contribution in [-0.4, -0.2) is 45.0 Å². The Morgan fingerprint density at radius 3 is 1.39 bits per heavy atom. The Kier molecular flexibility index (Phi) is 7.26. The number of hydrogen-bond acceptors (Lipinski definition) is 14. The van der Waals surface area contributed by atoms with Crippen LogP contribution < -0.4 is 32.7 Å². The molecule has 0 spiro atoms. The molecule has 0 radical (unpaired) electrons. The van der Waals surface area contributed by atoms with Crippen molar-refractivity contribution in [2.45, 2.75) is 58.3 Å². The lowest BCUT2D eigenvalue weighted by Crippen LogP contribution is -2.54. The molecule has 16 nitrogen and oxygen atoms in total. The summed E-state index contributed by atoms with van der Waals surface area (Å²) in [5, 5.41) is 23.9. The van der Waals surface area contributed by atoms with Gasteiger partial charge in [-0.1, -0.05) is 12.1 Å². The Labute approximate surface area is 235 Å². The number of nitro groups is 2. The van der Waals surface area contributed by atoms with Crippen molar-refractivity contribution >= 4 is 46.6 Å². The molecule has 41 heavy (non-hydrogen) atoms. The van der Waals surface area contributed by atoms with E-state index in [-0.39, 0.29) is 35.2 Å². The van der Waals surface area contributed by atoms with Crippen LogP contribution in [0.3, 0.4) is 0 Å². The highest BCUT2D eigenvalue weighted by Gasteiger charge is 2.35. The molecule has 2 aliphatic rings. The number of nitro benzene ring substituents is 2. The van der Waals surface area contributed by atoms with Crippen LogP contribution in [0.1, 0.15) is 45.2 Å². The fourth-order valence-corrected chi connectivity index (χ4v) is 5.12. The van der Waals surface area contributed by atoms with E-state index < -0.39 is 21.2 Å². The monoisotopic (exact) mass is 564 g/mol. The number of nitrogens with zero attached hydrogens (tertiary/aromatic N) is 8. The van der Waals surface area contributed by atoms with E-state index in [0.717, 1.165) is 0 Å². The number of aryl methyl sites for hydroxylation is 2. The first-order valence-corrected chi connectivity index (χ1v) is 12.6. The maximum Gasteiger partial charge on any atom is 0.274 e. The lowest BCUT2D eigenvalue weighted by molar-refractivity contribution is -0.385. The molecule has 0 saturated carbocycles. The van der Waals surface area contributed by atoms with Gasteiger partial charge in [-0.15, -0.1) is 0 Å². The largest absolute Gasteiger partial charge is 0.369 e. The Hall–Kier alpha value is -5.28. The van der Waals surface area contributed by atoms with E-state index in [0.29, 0.717) is 41.8 Å². The van der Waals surface area contributed by atoms with Crippen LogP contribution in [0.4, 0.5) is 22.7 Å². The average Bonchev–Trinajstić information content (AvgIpc) is 2.82. The number of rotatable bonds is 8. The van der Waals surface area contributed by atoms with Crippen molar-refractivity contribution in [3.8, 4) is 0 Å². The highest BCUT2D eigenvalue weighted by molar-refractivity contribution is 6.06. The Morgan fingerprint density at radius 2 is 1.07 bits per heavy atom. The molecule has 0 aliphatic carbocycles. The van der Waals surface area contributed by atoms with Gasteiger partial charge in [0.05, 0.1) is 21.2 Å². The van der Waals surface area contributed by atoms with Gasteiger partial charge in [-0.3, -0.25) is 30.0 Å². The third kappa shape index (κ3) is 5.70. The summed E-state index contributed by atoms with van der Waals surface area (Å²) in [6, 6.07) is 9.50. The maximum atomic E-state index is 12.0. The molecule has 2 aromatic rings. The summed E-state index contributed by atoms with van der Waals surface area (Å²) in [7, 11) is 0. The van der Waals surface area contributed by atoms with Crippen LogP contribution >= 0.6 is 0 Å². The molecule has 0 fully saturated rings. The number of nitrogens with two attached hydrogens (primary N) is 4. The van der Waals surface area contributed by atoms with Gasteiger partial charge < -0.3 is 22.9 Å². The zero-order valence-electron chi connectivity index (χ0n) is 23.1. The number of hydrogen-bond donors (Lipinski definition) is 4. The van der Waals surface area contributed by atoms with Crippen molar-refractivity contribution in [3.63, 3.8) is 0 Å². The summed E-state index contributed by atoms with van der Waals surface area (Å²) in [6.07, 6.45) is 1.03. The second-order valence-corrected chi connectivity index (χ2v) is 10.5. The second kappa shape index (κ2) is 10.4. The SMILES string of the molecule is CC1(C)N=C(N)N=C(N)N1c1ccc(CCCc2ccc(N3C(N)=NC(N)=NC3(C)C)cc2[N+](=O)[O-])c([N+](=O)[O-])c1. The van der Waals surface area contributed by atoms with Gasteiger partial charge in [0.1, 0.15) is 11.3 Å². The summed E-state index contributed by atoms with van der Waals surface area (Å²) in [5.74, 6) is 0.172. The van der Waals surface area contributed by atoms with Crippen LogP contribution in [0.5, 0.6) is 0 Å². The third-order valence-corrected chi connectivity index (χ3v) is 6.73. The molecule has 2 aliphatic heterocycles. The van der Waals surface area contributed by atoms with Gasteiger partial charge in [0.2, 0.25) is 23.8 Å². The molecular formula is C25H32N12O4. The fourth-order valence-electron chi connectivity index (χ4n) is 5.12. The van der Waals surface area contributed by atoms with Crippen LogP contribution in [0.25, 0.3) is 0 Å². The van der Waals surface area contributed by atoms with Crippen molar-refractivity contribution < 1.29 is 9.85 Å². The van der Waals surface area contributed by atoms with Gasteiger partial charge in [0, 0.05) is 23.3 Å². The second-order valence-electron chi connectivity index (χ2n) is 10.5. The van der Waals surface area contributed by atoms with E-state index in [4.69, 9.17) is 22.9 Å². The molecule has 0 aromatic heterocycles. The molecule has 2 heterocycles. The molecule has 0 bridgehead atoms. The topological polar surface area (TPSA) is 246 Å². The molecule has 0 unspecified atom stereocenters. The zero-order valence-corrected chi connectivity index (χ0v) is 23.1. The van der Waals surface area contributed by atoms with Gasteiger partial charge in [-0.2, -0.15) is 9.98 Å². The minimum atomic E-state index is -0.907. The highest BCUT2D eigenvalue weighted by Crippen LogP contribution is 2.34. The molecule has 0 atom stereocenters. The first kappa shape index (κ1) is 28.7. The standard InChI is InChI=1S/C25H32N12O4/c1-24(2)32-20(26)30-22(28)34(24)16-10-8-14(18(12-16)36(38)39)6-5-7-15-9-11-17(13-19(15)37(40)41)35-23(29)31-21(27)33-25(35,3)4/h8-13H,5-7H2,1-4H3,(H4,26,28,30,32)(H4,27,29,31,33). The molecule has 0 amide bonds. The molecule has 2 aromatic carbocycles. The van der Waals surface area contributed by atoms with E-state index in [9.17, 15) is 20.2 Å². The first-order chi connectivity index (χ1) is 19.1. The Balaban J connectivity index is 1.55. The van der Waals surface area contributed by atoms with Gasteiger partial charge in [-0.05, 0) is 59.1 Å². The molecule has 216 valence electrons. The van der Waals surface area contributed by atoms with Crippen molar-refractivity contribution in [1.82, 2.24) is 0 Å². The maximum absolute atomic E-state index is 12.0. The predicted molar refractivity (Wildman–Crippen MR) is 158 cm³/mol. The normalized spacial score (nSPS) is 17.8. The van der Waals surface area contributed by atoms with Crippen molar-refractivity contribution in [1.29, 1.82) is 0 Å². The van der Waals surface area contributed by atoms with Gasteiger partial charge in [0.15, 0.2) is 0 Å². The minimum Gasteiger partial charge on any atom is -0.369 e. The van der Waals surface area contributed by atoms with Crippen molar-refractivity contribution in [2.75, 3.05) is 9.80 Å². The van der Waals surface area contributed by atoms with Gasteiger partial charge >= 0.3 is 0 Å². The molecular weight excluding hydrogens is 532 g/mol. The van der Waals surface area contributed by atoms with Crippen LogP contribution in [-0.2, 0) is 12.8 Å². The van der Waals surface area contributed by atoms with E-state index in [1.54, 1.807) is 61.8 Å². The molecule has 16 heteroatoms. The van der Waals surface area contributed by atoms with Crippen LogP contribution in [0, 0.1) is 20.2 Å². The minimum absolute atomic E-state index is 0.0198. The predicted octanol–water partition coefficient (Wildman–Crippen LogP) is 2.05. The van der Waals surface area contributed by atoms with E-state index in [1.165, 1.54) is 12.1 Å². The smallest absolute Gasteiger partial charge is 0.274 e. The van der Waals surface area contributed by atoms with Crippen molar-refractivity contribution in [3.05, 3.63) is 67.8 Å². The van der Waals surface area contributed by atoms with Crippen LogP contribution in [0.15, 0.2) is 56.4 Å². The van der Waals surface area contributed by atoms with Crippen LogP contribution in [0.2, 0.25) is 0 Å². The number of benzene rings is 2. The summed E-state index contributed by atoms with van der Waals surface area (Å²) >= 11 is 0. The van der Waals surface area contributed by atoms with Crippen molar-refractivity contribution in [2.24, 2.45) is 42.9 Å². The molecule has 0 saturated heterocycles. The van der Waals surface area contributed by atoms with Gasteiger partial charge in [-0.25, -0.2) is 9.98 Å².